The lowest BCUT2D eigenvalue weighted by Crippen LogP contribution is -2.45. The van der Waals surface area contributed by atoms with Crippen LogP contribution in [-0.4, -0.2) is 17.9 Å². The number of para-hydroxylation sites is 1. The van der Waals surface area contributed by atoms with Crippen LogP contribution in [0.5, 0.6) is 0 Å². The lowest BCUT2D eigenvalue weighted by atomic mass is 10.0. The van der Waals surface area contributed by atoms with Gasteiger partial charge in [-0.2, -0.15) is 0 Å². The van der Waals surface area contributed by atoms with Crippen LogP contribution in [0.15, 0.2) is 91.0 Å². The first-order valence-corrected chi connectivity index (χ1v) is 8.48. The van der Waals surface area contributed by atoms with E-state index in [0.717, 1.165) is 5.56 Å². The summed E-state index contributed by atoms with van der Waals surface area (Å²) in [6.07, 6.45) is 0.415. The van der Waals surface area contributed by atoms with Gasteiger partial charge in [0, 0.05) is 17.7 Å². The first kappa shape index (κ1) is 17.4. The topological polar surface area (TPSA) is 58.2 Å². The van der Waals surface area contributed by atoms with Crippen molar-refractivity contribution in [3.63, 3.8) is 0 Å². The van der Waals surface area contributed by atoms with E-state index in [1.165, 1.54) is 0 Å². The van der Waals surface area contributed by atoms with E-state index in [1.807, 2.05) is 66.7 Å². The molecule has 0 spiro atoms. The van der Waals surface area contributed by atoms with Gasteiger partial charge in [0.1, 0.15) is 6.04 Å². The zero-order valence-corrected chi connectivity index (χ0v) is 14.3. The van der Waals surface area contributed by atoms with Crippen LogP contribution in [0.1, 0.15) is 15.9 Å². The molecule has 0 heterocycles. The van der Waals surface area contributed by atoms with Gasteiger partial charge in [-0.25, -0.2) is 0 Å². The van der Waals surface area contributed by atoms with Crippen LogP contribution in [-0.2, 0) is 11.2 Å². The molecule has 0 aliphatic carbocycles. The molecule has 0 fully saturated rings. The van der Waals surface area contributed by atoms with Gasteiger partial charge < -0.3 is 10.6 Å². The molecular formula is C22H20N2O2. The molecule has 0 aromatic heterocycles. The summed E-state index contributed by atoms with van der Waals surface area (Å²) in [5, 5.41) is 5.72. The molecule has 2 amide bonds. The van der Waals surface area contributed by atoms with E-state index in [0.29, 0.717) is 17.7 Å². The number of hydrogen-bond donors (Lipinski definition) is 2. The maximum Gasteiger partial charge on any atom is 0.251 e. The van der Waals surface area contributed by atoms with Gasteiger partial charge in [-0.15, -0.1) is 0 Å². The highest BCUT2D eigenvalue weighted by molar-refractivity contribution is 6.01. The molecule has 3 aromatic rings. The van der Waals surface area contributed by atoms with E-state index in [1.54, 1.807) is 24.3 Å². The third-order valence-electron chi connectivity index (χ3n) is 3.98. The molecule has 4 nitrogen and oxygen atoms in total. The highest BCUT2D eigenvalue weighted by atomic mass is 16.2. The lowest BCUT2D eigenvalue weighted by Gasteiger charge is -2.19. The fourth-order valence-electron chi connectivity index (χ4n) is 2.64. The van der Waals surface area contributed by atoms with Crippen molar-refractivity contribution in [2.75, 3.05) is 5.32 Å². The Kier molecular flexibility index (Phi) is 5.78. The summed E-state index contributed by atoms with van der Waals surface area (Å²) in [5.41, 5.74) is 2.21. The smallest absolute Gasteiger partial charge is 0.251 e. The summed E-state index contributed by atoms with van der Waals surface area (Å²) in [5.74, 6) is -0.515. The summed E-state index contributed by atoms with van der Waals surface area (Å²) in [6, 6.07) is 27.1. The molecule has 0 aliphatic rings. The van der Waals surface area contributed by atoms with Crippen LogP contribution in [0, 0.1) is 0 Å². The standard InChI is InChI=1S/C22H20N2O2/c25-21(18-12-6-2-7-13-18)24-20(16-17-10-4-1-5-11-17)22(26)23-19-14-8-3-9-15-19/h1-15,20H,16H2,(H,23,26)(H,24,25)/t20-/m0/s1. The summed E-state index contributed by atoms with van der Waals surface area (Å²) in [7, 11) is 0. The number of amides is 2. The Morgan fingerprint density at radius 3 is 1.88 bits per heavy atom. The third-order valence-corrected chi connectivity index (χ3v) is 3.98. The van der Waals surface area contributed by atoms with Gasteiger partial charge in [0.25, 0.3) is 5.91 Å². The number of anilines is 1. The van der Waals surface area contributed by atoms with E-state index in [-0.39, 0.29) is 11.8 Å². The fraction of sp³-hybridized carbons (Fsp3) is 0.0909. The zero-order chi connectivity index (χ0) is 18.2. The fourth-order valence-corrected chi connectivity index (χ4v) is 2.64. The maximum absolute atomic E-state index is 12.8. The van der Waals surface area contributed by atoms with Crippen LogP contribution in [0.25, 0.3) is 0 Å². The average molecular weight is 344 g/mol. The molecule has 0 saturated heterocycles. The van der Waals surface area contributed by atoms with Gasteiger partial charge >= 0.3 is 0 Å². The molecule has 0 aliphatic heterocycles. The number of carbonyl (C=O) groups is 2. The normalized spacial score (nSPS) is 11.4. The van der Waals surface area contributed by atoms with Gasteiger partial charge in [-0.3, -0.25) is 9.59 Å². The number of carbonyl (C=O) groups excluding carboxylic acids is 2. The zero-order valence-electron chi connectivity index (χ0n) is 14.3. The molecule has 26 heavy (non-hydrogen) atoms. The second-order valence-corrected chi connectivity index (χ2v) is 5.94. The molecule has 1 atom stereocenters. The van der Waals surface area contributed by atoms with Crippen molar-refractivity contribution in [1.29, 1.82) is 0 Å². The van der Waals surface area contributed by atoms with Crippen LogP contribution in [0.4, 0.5) is 5.69 Å². The number of rotatable bonds is 6. The monoisotopic (exact) mass is 344 g/mol. The Hall–Kier alpha value is -3.40. The summed E-state index contributed by atoms with van der Waals surface area (Å²) < 4.78 is 0. The van der Waals surface area contributed by atoms with Gasteiger partial charge in [-0.05, 0) is 29.8 Å². The van der Waals surface area contributed by atoms with E-state index < -0.39 is 6.04 Å². The highest BCUT2D eigenvalue weighted by Gasteiger charge is 2.22. The van der Waals surface area contributed by atoms with Crippen LogP contribution in [0.3, 0.4) is 0 Å². The van der Waals surface area contributed by atoms with Crippen LogP contribution >= 0.6 is 0 Å². The Balaban J connectivity index is 1.76. The van der Waals surface area contributed by atoms with E-state index in [4.69, 9.17) is 0 Å². The minimum absolute atomic E-state index is 0.246. The van der Waals surface area contributed by atoms with Crippen molar-refractivity contribution in [2.45, 2.75) is 12.5 Å². The van der Waals surface area contributed by atoms with Crippen molar-refractivity contribution in [2.24, 2.45) is 0 Å². The van der Waals surface area contributed by atoms with E-state index >= 15 is 0 Å². The summed E-state index contributed by atoms with van der Waals surface area (Å²) in [4.78, 5) is 25.3. The Morgan fingerprint density at radius 2 is 1.27 bits per heavy atom. The van der Waals surface area contributed by atoms with Crippen molar-refractivity contribution in [3.8, 4) is 0 Å². The van der Waals surface area contributed by atoms with Gasteiger partial charge in [-0.1, -0.05) is 66.7 Å². The van der Waals surface area contributed by atoms with E-state index in [9.17, 15) is 9.59 Å². The predicted octanol–water partition coefficient (Wildman–Crippen LogP) is 3.67. The van der Waals surface area contributed by atoms with Gasteiger partial charge in [0.2, 0.25) is 5.91 Å². The Labute approximate surface area is 152 Å². The van der Waals surface area contributed by atoms with Gasteiger partial charge in [0.15, 0.2) is 0 Å². The number of nitrogens with one attached hydrogen (secondary N) is 2. The number of hydrogen-bond acceptors (Lipinski definition) is 2. The van der Waals surface area contributed by atoms with E-state index in [2.05, 4.69) is 10.6 Å². The lowest BCUT2D eigenvalue weighted by molar-refractivity contribution is -0.118. The molecule has 0 unspecified atom stereocenters. The average Bonchev–Trinajstić information content (AvgIpc) is 2.69. The maximum atomic E-state index is 12.8. The Bertz CT molecular complexity index is 849. The minimum atomic E-state index is -0.676. The van der Waals surface area contributed by atoms with Crippen molar-refractivity contribution in [3.05, 3.63) is 102 Å². The molecule has 2 N–H and O–H groups in total. The first-order valence-electron chi connectivity index (χ1n) is 8.48. The number of benzene rings is 3. The second kappa shape index (κ2) is 8.62. The van der Waals surface area contributed by atoms with Crippen molar-refractivity contribution >= 4 is 17.5 Å². The molecule has 3 rings (SSSR count). The predicted molar refractivity (Wildman–Crippen MR) is 103 cm³/mol. The Morgan fingerprint density at radius 1 is 0.731 bits per heavy atom. The second-order valence-electron chi connectivity index (χ2n) is 5.94. The minimum Gasteiger partial charge on any atom is -0.340 e. The molecule has 3 aromatic carbocycles. The molecular weight excluding hydrogens is 324 g/mol. The quantitative estimate of drug-likeness (QED) is 0.717. The molecule has 4 heteroatoms. The first-order chi connectivity index (χ1) is 12.7. The van der Waals surface area contributed by atoms with Crippen molar-refractivity contribution in [1.82, 2.24) is 5.32 Å². The molecule has 0 bridgehead atoms. The molecule has 0 radical (unpaired) electrons. The SMILES string of the molecule is O=C(N[C@@H](Cc1ccccc1)C(=O)Nc1ccccc1)c1ccccc1. The molecule has 0 saturated carbocycles. The molecule has 130 valence electrons. The summed E-state index contributed by atoms with van der Waals surface area (Å²) in [6.45, 7) is 0. The van der Waals surface area contributed by atoms with Gasteiger partial charge in [0.05, 0.1) is 0 Å². The third kappa shape index (κ3) is 4.80. The summed E-state index contributed by atoms with van der Waals surface area (Å²) >= 11 is 0. The van der Waals surface area contributed by atoms with Crippen molar-refractivity contribution < 1.29 is 9.59 Å². The van der Waals surface area contributed by atoms with Crippen LogP contribution in [0.2, 0.25) is 0 Å². The van der Waals surface area contributed by atoms with Crippen LogP contribution < -0.4 is 10.6 Å². The largest absolute Gasteiger partial charge is 0.340 e. The highest BCUT2D eigenvalue weighted by Crippen LogP contribution is 2.10.